The van der Waals surface area contributed by atoms with Crippen LogP contribution in [0.5, 0.6) is 0 Å². The second kappa shape index (κ2) is 6.12. The predicted octanol–water partition coefficient (Wildman–Crippen LogP) is 0.658. The summed E-state index contributed by atoms with van der Waals surface area (Å²) >= 11 is 0. The van der Waals surface area contributed by atoms with E-state index in [1.54, 1.807) is 0 Å². The van der Waals surface area contributed by atoms with Crippen molar-refractivity contribution in [2.75, 3.05) is 0 Å². The molecule has 8 heteroatoms. The summed E-state index contributed by atoms with van der Waals surface area (Å²) in [6, 6.07) is 6.89. The van der Waals surface area contributed by atoms with E-state index >= 15 is 0 Å². The van der Waals surface area contributed by atoms with E-state index in [4.69, 9.17) is 5.73 Å². The number of nitrogens with one attached hydrogen (secondary N) is 1. The number of aromatic nitrogens is 4. The zero-order chi connectivity index (χ0) is 15.4. The summed E-state index contributed by atoms with van der Waals surface area (Å²) in [4.78, 5) is 23.0. The van der Waals surface area contributed by atoms with Gasteiger partial charge in [0.05, 0.1) is 0 Å². The van der Waals surface area contributed by atoms with E-state index < -0.39 is 11.9 Å². The third-order valence-electron chi connectivity index (χ3n) is 2.84. The number of hydrogen-bond acceptors (Lipinski definition) is 5. The number of benzene rings is 1. The topological polar surface area (TPSA) is 116 Å². The first-order valence-corrected chi connectivity index (χ1v) is 6.43. The van der Waals surface area contributed by atoms with Crippen LogP contribution < -0.4 is 11.1 Å². The minimum atomic E-state index is -0.912. The Balaban J connectivity index is 2.09. The van der Waals surface area contributed by atoms with Gasteiger partial charge >= 0.3 is 6.03 Å². The van der Waals surface area contributed by atoms with Crippen molar-refractivity contribution in [2.24, 2.45) is 5.73 Å². The molecule has 0 atom stereocenters. The Hall–Kier alpha value is -2.77. The molecule has 0 spiro atoms. The Bertz CT molecular complexity index is 647. The van der Waals surface area contributed by atoms with E-state index in [9.17, 15) is 9.59 Å². The standard InChI is InChI=1S/C13H16N6O2/c1-8(2)9-3-5-10(6-4-9)12-16-18-19(17-12)7-11(20)15-13(14)21/h3-6,8H,7H2,1-2H3,(H3,14,15,20,21). The van der Waals surface area contributed by atoms with E-state index in [0.29, 0.717) is 11.7 Å². The number of urea groups is 1. The second-order valence-electron chi connectivity index (χ2n) is 4.83. The molecule has 0 saturated heterocycles. The first-order chi connectivity index (χ1) is 9.95. The molecule has 0 aliphatic carbocycles. The van der Waals surface area contributed by atoms with Gasteiger partial charge in [0, 0.05) is 5.56 Å². The van der Waals surface area contributed by atoms with Crippen LogP contribution in [0.2, 0.25) is 0 Å². The van der Waals surface area contributed by atoms with Gasteiger partial charge in [-0.2, -0.15) is 4.80 Å². The summed E-state index contributed by atoms with van der Waals surface area (Å²) < 4.78 is 0. The maximum atomic E-state index is 11.3. The molecule has 110 valence electrons. The average molecular weight is 288 g/mol. The van der Waals surface area contributed by atoms with Crippen LogP contribution in [0, 0.1) is 0 Å². The van der Waals surface area contributed by atoms with E-state index in [1.165, 1.54) is 5.56 Å². The lowest BCUT2D eigenvalue weighted by atomic mass is 10.0. The molecule has 2 aromatic rings. The first kappa shape index (κ1) is 14.6. The van der Waals surface area contributed by atoms with Crippen molar-refractivity contribution < 1.29 is 9.59 Å². The number of hydrogen-bond donors (Lipinski definition) is 2. The summed E-state index contributed by atoms with van der Waals surface area (Å²) in [7, 11) is 0. The highest BCUT2D eigenvalue weighted by Gasteiger charge is 2.10. The molecular formula is C13H16N6O2. The molecule has 0 unspecified atom stereocenters. The maximum Gasteiger partial charge on any atom is 0.318 e. The first-order valence-electron chi connectivity index (χ1n) is 6.43. The lowest BCUT2D eigenvalue weighted by molar-refractivity contribution is -0.120. The van der Waals surface area contributed by atoms with Gasteiger partial charge in [0.1, 0.15) is 6.54 Å². The SMILES string of the molecule is CC(C)c1ccc(-c2nnn(CC(=O)NC(N)=O)n2)cc1. The number of imide groups is 1. The van der Waals surface area contributed by atoms with E-state index in [-0.39, 0.29) is 6.54 Å². The van der Waals surface area contributed by atoms with Gasteiger partial charge in [-0.3, -0.25) is 10.1 Å². The summed E-state index contributed by atoms with van der Waals surface area (Å²) in [5, 5.41) is 13.7. The van der Waals surface area contributed by atoms with Crippen molar-refractivity contribution in [3.05, 3.63) is 29.8 Å². The van der Waals surface area contributed by atoms with Crippen LogP contribution in [0.15, 0.2) is 24.3 Å². The van der Waals surface area contributed by atoms with Gasteiger partial charge in [-0.25, -0.2) is 4.79 Å². The van der Waals surface area contributed by atoms with E-state index in [0.717, 1.165) is 10.4 Å². The lowest BCUT2D eigenvalue weighted by Gasteiger charge is -2.04. The molecule has 0 aliphatic rings. The summed E-state index contributed by atoms with van der Waals surface area (Å²) in [5.41, 5.74) is 6.87. The normalized spacial score (nSPS) is 10.6. The zero-order valence-electron chi connectivity index (χ0n) is 11.8. The number of primary amides is 1. The van der Waals surface area contributed by atoms with Crippen LogP contribution in [0.25, 0.3) is 11.4 Å². The van der Waals surface area contributed by atoms with Crippen molar-refractivity contribution in [1.29, 1.82) is 0 Å². The van der Waals surface area contributed by atoms with Gasteiger partial charge in [0.2, 0.25) is 5.82 Å². The van der Waals surface area contributed by atoms with Gasteiger partial charge in [-0.1, -0.05) is 38.1 Å². The number of amides is 3. The van der Waals surface area contributed by atoms with Crippen LogP contribution >= 0.6 is 0 Å². The number of carbonyl (C=O) groups is 2. The van der Waals surface area contributed by atoms with Crippen LogP contribution in [-0.2, 0) is 11.3 Å². The molecule has 0 aliphatic heterocycles. The average Bonchev–Trinajstić information content (AvgIpc) is 2.86. The highest BCUT2D eigenvalue weighted by molar-refractivity contribution is 5.93. The number of carbonyl (C=O) groups excluding carboxylic acids is 2. The second-order valence-corrected chi connectivity index (χ2v) is 4.83. The molecule has 0 radical (unpaired) electrons. The highest BCUT2D eigenvalue weighted by atomic mass is 16.2. The van der Waals surface area contributed by atoms with Crippen molar-refractivity contribution >= 4 is 11.9 Å². The monoisotopic (exact) mass is 288 g/mol. The van der Waals surface area contributed by atoms with Gasteiger partial charge in [-0.15, -0.1) is 10.2 Å². The molecule has 3 N–H and O–H groups in total. The molecule has 1 aromatic carbocycles. The molecule has 8 nitrogen and oxygen atoms in total. The molecule has 0 saturated carbocycles. The molecule has 21 heavy (non-hydrogen) atoms. The van der Waals surface area contributed by atoms with Gasteiger partial charge in [-0.05, 0) is 16.7 Å². The number of nitrogens with zero attached hydrogens (tertiary/aromatic N) is 4. The summed E-state index contributed by atoms with van der Waals surface area (Å²) in [6.07, 6.45) is 0. The van der Waals surface area contributed by atoms with Crippen molar-refractivity contribution in [3.8, 4) is 11.4 Å². The Labute approximate surface area is 121 Å². The van der Waals surface area contributed by atoms with Crippen LogP contribution in [0.4, 0.5) is 4.79 Å². The smallest absolute Gasteiger partial charge is 0.318 e. The summed E-state index contributed by atoms with van der Waals surface area (Å²) in [6.45, 7) is 4.00. The lowest BCUT2D eigenvalue weighted by Crippen LogP contribution is -2.37. The fourth-order valence-electron chi connectivity index (χ4n) is 1.75. The van der Waals surface area contributed by atoms with Gasteiger partial charge in [0.15, 0.2) is 0 Å². The number of tetrazole rings is 1. The molecule has 2 rings (SSSR count). The molecule has 1 heterocycles. The predicted molar refractivity (Wildman–Crippen MR) is 75.1 cm³/mol. The Morgan fingerprint density at radius 3 is 2.52 bits per heavy atom. The molecule has 3 amide bonds. The van der Waals surface area contributed by atoms with Gasteiger partial charge < -0.3 is 5.73 Å². The quantitative estimate of drug-likeness (QED) is 0.857. The van der Waals surface area contributed by atoms with Gasteiger partial charge in [0.25, 0.3) is 5.91 Å². The van der Waals surface area contributed by atoms with Crippen molar-refractivity contribution in [3.63, 3.8) is 0 Å². The van der Waals surface area contributed by atoms with Crippen LogP contribution in [-0.4, -0.2) is 32.1 Å². The number of rotatable bonds is 4. The molecule has 0 bridgehead atoms. The largest absolute Gasteiger partial charge is 0.351 e. The Morgan fingerprint density at radius 1 is 1.29 bits per heavy atom. The minimum absolute atomic E-state index is 0.222. The van der Waals surface area contributed by atoms with E-state index in [1.807, 2.05) is 29.6 Å². The van der Waals surface area contributed by atoms with Crippen molar-refractivity contribution in [1.82, 2.24) is 25.5 Å². The van der Waals surface area contributed by atoms with Crippen molar-refractivity contribution in [2.45, 2.75) is 26.3 Å². The highest BCUT2D eigenvalue weighted by Crippen LogP contribution is 2.19. The fourth-order valence-corrected chi connectivity index (χ4v) is 1.75. The Morgan fingerprint density at radius 2 is 1.95 bits per heavy atom. The Kier molecular flexibility index (Phi) is 4.27. The maximum absolute atomic E-state index is 11.3. The molecule has 1 aromatic heterocycles. The van der Waals surface area contributed by atoms with E-state index in [2.05, 4.69) is 29.3 Å². The van der Waals surface area contributed by atoms with Crippen LogP contribution in [0.3, 0.4) is 0 Å². The van der Waals surface area contributed by atoms with Crippen LogP contribution in [0.1, 0.15) is 25.3 Å². The molecular weight excluding hydrogens is 272 g/mol. The molecule has 0 fully saturated rings. The fraction of sp³-hybridized carbons (Fsp3) is 0.308. The number of nitrogens with two attached hydrogens (primary N) is 1. The summed E-state index contributed by atoms with van der Waals surface area (Å²) in [5.74, 6) is 0.263. The third kappa shape index (κ3) is 3.85. The third-order valence-corrected chi connectivity index (χ3v) is 2.84. The minimum Gasteiger partial charge on any atom is -0.351 e. The zero-order valence-corrected chi connectivity index (χ0v) is 11.8.